The van der Waals surface area contributed by atoms with Crippen LogP contribution in [0.5, 0.6) is 0 Å². The van der Waals surface area contributed by atoms with Gasteiger partial charge in [-0.1, -0.05) is 6.07 Å². The molecule has 2 rings (SSSR count). The van der Waals surface area contributed by atoms with Gasteiger partial charge in [-0.2, -0.15) is 0 Å². The molecular weight excluding hydrogens is 162 g/mol. The number of fused-ring (bicyclic) bond motifs is 1. The van der Waals surface area contributed by atoms with Crippen LogP contribution in [-0.4, -0.2) is 16.5 Å². The molecule has 1 aromatic carbocycles. The van der Waals surface area contributed by atoms with Crippen LogP contribution in [0, 0.1) is 0 Å². The van der Waals surface area contributed by atoms with E-state index < -0.39 is 0 Å². The van der Waals surface area contributed by atoms with Gasteiger partial charge >= 0.3 is 0 Å². The van der Waals surface area contributed by atoms with Gasteiger partial charge in [0.15, 0.2) is 0 Å². The molecule has 0 unspecified atom stereocenters. The molecule has 1 heterocycles. The van der Waals surface area contributed by atoms with E-state index in [1.165, 1.54) is 5.56 Å². The second kappa shape index (κ2) is 3.49. The Labute approximate surface area is 76.6 Å². The van der Waals surface area contributed by atoms with Crippen molar-refractivity contribution in [2.75, 3.05) is 6.54 Å². The lowest BCUT2D eigenvalue weighted by Crippen LogP contribution is -2.02. The predicted octanol–water partition coefficient (Wildman–Crippen LogP) is 1.13. The van der Waals surface area contributed by atoms with Gasteiger partial charge in [-0.15, -0.1) is 0 Å². The molecule has 0 bridgehead atoms. The van der Waals surface area contributed by atoms with Crippen molar-refractivity contribution in [3.63, 3.8) is 0 Å². The minimum atomic E-state index is 0.672. The number of hydrogen-bond acceptors (Lipinski definition) is 3. The average Bonchev–Trinajstić information content (AvgIpc) is 2.18. The van der Waals surface area contributed by atoms with E-state index >= 15 is 0 Å². The average molecular weight is 173 g/mol. The SMILES string of the molecule is NCCc1ccc2nccnc2c1. The summed E-state index contributed by atoms with van der Waals surface area (Å²) < 4.78 is 0. The summed E-state index contributed by atoms with van der Waals surface area (Å²) in [7, 11) is 0. The molecule has 13 heavy (non-hydrogen) atoms. The number of nitrogens with zero attached hydrogens (tertiary/aromatic N) is 2. The van der Waals surface area contributed by atoms with Crippen LogP contribution in [0.4, 0.5) is 0 Å². The molecule has 2 aromatic rings. The van der Waals surface area contributed by atoms with Crippen LogP contribution in [0.2, 0.25) is 0 Å². The topological polar surface area (TPSA) is 51.8 Å². The van der Waals surface area contributed by atoms with Gasteiger partial charge in [0, 0.05) is 12.4 Å². The van der Waals surface area contributed by atoms with Crippen molar-refractivity contribution in [3.8, 4) is 0 Å². The third kappa shape index (κ3) is 1.65. The molecule has 0 radical (unpaired) electrons. The number of rotatable bonds is 2. The van der Waals surface area contributed by atoms with Gasteiger partial charge in [0.05, 0.1) is 11.0 Å². The monoisotopic (exact) mass is 173 g/mol. The highest BCUT2D eigenvalue weighted by Gasteiger charge is 1.96. The molecule has 0 aliphatic rings. The number of benzene rings is 1. The van der Waals surface area contributed by atoms with Gasteiger partial charge < -0.3 is 5.73 Å². The molecule has 0 amide bonds. The summed E-state index contributed by atoms with van der Waals surface area (Å²) >= 11 is 0. The van der Waals surface area contributed by atoms with Crippen LogP contribution in [-0.2, 0) is 6.42 Å². The normalized spacial score (nSPS) is 10.5. The quantitative estimate of drug-likeness (QED) is 0.740. The Hall–Kier alpha value is -1.48. The highest BCUT2D eigenvalue weighted by molar-refractivity contribution is 5.74. The third-order valence-electron chi connectivity index (χ3n) is 1.97. The summed E-state index contributed by atoms with van der Waals surface area (Å²) in [6.45, 7) is 0.672. The van der Waals surface area contributed by atoms with E-state index in [0.717, 1.165) is 17.5 Å². The summed E-state index contributed by atoms with van der Waals surface area (Å²) in [5, 5.41) is 0. The minimum Gasteiger partial charge on any atom is -0.330 e. The molecule has 2 N–H and O–H groups in total. The molecule has 0 fully saturated rings. The van der Waals surface area contributed by atoms with Crippen molar-refractivity contribution >= 4 is 11.0 Å². The van der Waals surface area contributed by atoms with Gasteiger partial charge in [-0.25, -0.2) is 0 Å². The number of hydrogen-bond donors (Lipinski definition) is 1. The van der Waals surface area contributed by atoms with E-state index in [4.69, 9.17) is 5.73 Å². The number of nitrogens with two attached hydrogens (primary N) is 1. The first kappa shape index (κ1) is 8.13. The van der Waals surface area contributed by atoms with Crippen LogP contribution < -0.4 is 5.73 Å². The smallest absolute Gasteiger partial charge is 0.0889 e. The van der Waals surface area contributed by atoms with Gasteiger partial charge in [0.1, 0.15) is 0 Å². The van der Waals surface area contributed by atoms with Crippen LogP contribution >= 0.6 is 0 Å². The van der Waals surface area contributed by atoms with Crippen molar-refractivity contribution in [1.82, 2.24) is 9.97 Å². The Kier molecular flexibility index (Phi) is 2.19. The maximum absolute atomic E-state index is 5.47. The molecule has 66 valence electrons. The zero-order chi connectivity index (χ0) is 9.10. The van der Waals surface area contributed by atoms with Gasteiger partial charge in [-0.3, -0.25) is 9.97 Å². The van der Waals surface area contributed by atoms with E-state index in [1.807, 2.05) is 18.2 Å². The van der Waals surface area contributed by atoms with E-state index in [9.17, 15) is 0 Å². The van der Waals surface area contributed by atoms with Crippen molar-refractivity contribution in [1.29, 1.82) is 0 Å². The number of aromatic nitrogens is 2. The Morgan fingerprint density at radius 3 is 2.62 bits per heavy atom. The second-order valence-corrected chi connectivity index (χ2v) is 2.92. The van der Waals surface area contributed by atoms with Gasteiger partial charge in [0.25, 0.3) is 0 Å². The summed E-state index contributed by atoms with van der Waals surface area (Å²) in [5.41, 5.74) is 8.56. The van der Waals surface area contributed by atoms with Crippen molar-refractivity contribution in [2.45, 2.75) is 6.42 Å². The molecule has 0 aliphatic carbocycles. The Morgan fingerprint density at radius 1 is 1.08 bits per heavy atom. The van der Waals surface area contributed by atoms with Gasteiger partial charge in [-0.05, 0) is 30.7 Å². The van der Waals surface area contributed by atoms with Crippen molar-refractivity contribution in [3.05, 3.63) is 36.2 Å². The third-order valence-corrected chi connectivity index (χ3v) is 1.97. The fourth-order valence-corrected chi connectivity index (χ4v) is 1.33. The zero-order valence-corrected chi connectivity index (χ0v) is 7.27. The van der Waals surface area contributed by atoms with E-state index in [0.29, 0.717) is 6.54 Å². The largest absolute Gasteiger partial charge is 0.330 e. The van der Waals surface area contributed by atoms with Crippen LogP contribution in [0.1, 0.15) is 5.56 Å². The summed E-state index contributed by atoms with van der Waals surface area (Å²) in [4.78, 5) is 8.41. The Balaban J connectivity index is 2.49. The van der Waals surface area contributed by atoms with Crippen molar-refractivity contribution in [2.24, 2.45) is 5.73 Å². The Morgan fingerprint density at radius 2 is 1.85 bits per heavy atom. The minimum absolute atomic E-state index is 0.672. The van der Waals surface area contributed by atoms with Crippen LogP contribution in [0.25, 0.3) is 11.0 Å². The lowest BCUT2D eigenvalue weighted by Gasteiger charge is -1.99. The maximum Gasteiger partial charge on any atom is 0.0889 e. The molecule has 0 aliphatic heterocycles. The maximum atomic E-state index is 5.47. The lowest BCUT2D eigenvalue weighted by atomic mass is 10.1. The molecule has 3 heteroatoms. The molecule has 3 nitrogen and oxygen atoms in total. The van der Waals surface area contributed by atoms with Crippen LogP contribution in [0.15, 0.2) is 30.6 Å². The predicted molar refractivity (Wildman–Crippen MR) is 52.3 cm³/mol. The fourth-order valence-electron chi connectivity index (χ4n) is 1.33. The first-order chi connectivity index (χ1) is 6.40. The second-order valence-electron chi connectivity index (χ2n) is 2.92. The zero-order valence-electron chi connectivity index (χ0n) is 7.27. The first-order valence-corrected chi connectivity index (χ1v) is 4.30. The highest BCUT2D eigenvalue weighted by atomic mass is 14.8. The standard InChI is InChI=1S/C10H11N3/c11-4-3-8-1-2-9-10(7-8)13-6-5-12-9/h1-2,5-7H,3-4,11H2. The van der Waals surface area contributed by atoms with E-state index in [2.05, 4.69) is 9.97 Å². The first-order valence-electron chi connectivity index (χ1n) is 4.30. The molecular formula is C10H11N3. The molecule has 1 aromatic heterocycles. The molecule has 0 saturated carbocycles. The Bertz CT molecular complexity index is 412. The molecule has 0 spiro atoms. The van der Waals surface area contributed by atoms with Crippen LogP contribution in [0.3, 0.4) is 0 Å². The fraction of sp³-hybridized carbons (Fsp3) is 0.200. The van der Waals surface area contributed by atoms with E-state index in [-0.39, 0.29) is 0 Å². The van der Waals surface area contributed by atoms with E-state index in [1.54, 1.807) is 12.4 Å². The molecule has 0 atom stereocenters. The summed E-state index contributed by atoms with van der Waals surface area (Å²) in [5.74, 6) is 0. The lowest BCUT2D eigenvalue weighted by molar-refractivity contribution is 0.970. The van der Waals surface area contributed by atoms with Gasteiger partial charge in [0.2, 0.25) is 0 Å². The summed E-state index contributed by atoms with van der Waals surface area (Å²) in [6.07, 6.45) is 4.30. The molecule has 0 saturated heterocycles. The highest BCUT2D eigenvalue weighted by Crippen LogP contribution is 2.10. The summed E-state index contributed by atoms with van der Waals surface area (Å²) in [6, 6.07) is 6.06. The van der Waals surface area contributed by atoms with Crippen molar-refractivity contribution < 1.29 is 0 Å².